The summed E-state index contributed by atoms with van der Waals surface area (Å²) in [5, 5.41) is 6.19. The Kier molecular flexibility index (Phi) is 4.57. The van der Waals surface area contributed by atoms with Crippen LogP contribution in [0, 0.1) is 24.0 Å². The van der Waals surface area contributed by atoms with Crippen LogP contribution in [0.5, 0.6) is 0 Å². The fourth-order valence-electron chi connectivity index (χ4n) is 2.16. The molecule has 1 aromatic carbocycles. The molecule has 20 heavy (non-hydrogen) atoms. The highest BCUT2D eigenvalue weighted by Crippen LogP contribution is 2.42. The van der Waals surface area contributed by atoms with Gasteiger partial charge in [0.25, 0.3) is 0 Å². The molecule has 1 aliphatic rings. The first kappa shape index (κ1) is 14.3. The molecule has 3 nitrogen and oxygen atoms in total. The number of guanidine groups is 1. The van der Waals surface area contributed by atoms with Crippen molar-refractivity contribution in [3.63, 3.8) is 0 Å². The normalized spacial score (nSPS) is 21.2. The van der Waals surface area contributed by atoms with Gasteiger partial charge in [-0.15, -0.1) is 6.42 Å². The summed E-state index contributed by atoms with van der Waals surface area (Å²) in [6.07, 6.45) is 5.84. The summed E-state index contributed by atoms with van der Waals surface area (Å²) < 4.78 is 27.3. The van der Waals surface area contributed by atoms with Crippen molar-refractivity contribution in [2.75, 3.05) is 13.1 Å². The summed E-state index contributed by atoms with van der Waals surface area (Å²) in [6.45, 7) is 2.90. The Labute approximate surface area is 117 Å². The lowest BCUT2D eigenvalue weighted by Crippen LogP contribution is -2.39. The maximum Gasteiger partial charge on any atom is 0.192 e. The van der Waals surface area contributed by atoms with Crippen molar-refractivity contribution in [3.8, 4) is 12.3 Å². The average Bonchev–Trinajstić information content (AvgIpc) is 3.15. The predicted molar refractivity (Wildman–Crippen MR) is 75.5 cm³/mol. The van der Waals surface area contributed by atoms with Crippen molar-refractivity contribution in [2.45, 2.75) is 25.3 Å². The van der Waals surface area contributed by atoms with Crippen LogP contribution >= 0.6 is 0 Å². The van der Waals surface area contributed by atoms with Crippen LogP contribution in [0.1, 0.15) is 24.8 Å². The fourth-order valence-corrected chi connectivity index (χ4v) is 2.16. The number of benzene rings is 1. The summed E-state index contributed by atoms with van der Waals surface area (Å²) >= 11 is 0. The monoisotopic (exact) mass is 277 g/mol. The van der Waals surface area contributed by atoms with Crippen LogP contribution in [0.15, 0.2) is 23.2 Å². The minimum absolute atomic E-state index is 0.0167. The third-order valence-electron chi connectivity index (χ3n) is 3.16. The minimum Gasteiger partial charge on any atom is -0.357 e. The number of hydrogen-bond donors (Lipinski definition) is 2. The van der Waals surface area contributed by atoms with E-state index in [1.165, 1.54) is 18.2 Å². The number of nitrogens with zero attached hydrogens (tertiary/aromatic N) is 1. The first-order chi connectivity index (χ1) is 9.67. The van der Waals surface area contributed by atoms with Crippen molar-refractivity contribution in [2.24, 2.45) is 4.99 Å². The Morgan fingerprint density at radius 3 is 2.75 bits per heavy atom. The van der Waals surface area contributed by atoms with Gasteiger partial charge in [-0.1, -0.05) is 12.0 Å². The van der Waals surface area contributed by atoms with Gasteiger partial charge in [0, 0.05) is 24.1 Å². The molecule has 5 heteroatoms. The van der Waals surface area contributed by atoms with E-state index in [-0.39, 0.29) is 24.1 Å². The van der Waals surface area contributed by atoms with Crippen molar-refractivity contribution >= 4 is 5.96 Å². The van der Waals surface area contributed by atoms with E-state index in [9.17, 15) is 8.78 Å². The summed E-state index contributed by atoms with van der Waals surface area (Å²) in [6, 6.07) is 3.92. The molecule has 0 bridgehead atoms. The molecule has 1 aliphatic carbocycles. The van der Waals surface area contributed by atoms with Crippen LogP contribution in [0.25, 0.3) is 0 Å². The maximum absolute atomic E-state index is 13.7. The summed E-state index contributed by atoms with van der Waals surface area (Å²) in [7, 11) is 0. The van der Waals surface area contributed by atoms with Gasteiger partial charge in [-0.05, 0) is 25.5 Å². The highest BCUT2D eigenvalue weighted by molar-refractivity contribution is 5.80. The molecule has 1 aromatic rings. The molecule has 0 spiro atoms. The Bertz CT molecular complexity index is 528. The van der Waals surface area contributed by atoms with E-state index in [0.29, 0.717) is 18.9 Å². The lowest BCUT2D eigenvalue weighted by atomic mass is 10.1. The van der Waals surface area contributed by atoms with Crippen LogP contribution in [-0.2, 0) is 0 Å². The number of hydrogen-bond acceptors (Lipinski definition) is 1. The number of rotatable bonds is 4. The third kappa shape index (κ3) is 3.27. The molecular weight excluding hydrogens is 260 g/mol. The van der Waals surface area contributed by atoms with Gasteiger partial charge in [-0.3, -0.25) is 0 Å². The van der Waals surface area contributed by atoms with Crippen molar-refractivity contribution < 1.29 is 8.78 Å². The molecule has 0 aliphatic heterocycles. The lowest BCUT2D eigenvalue weighted by molar-refractivity contribution is 0.553. The van der Waals surface area contributed by atoms with Crippen LogP contribution in [-0.4, -0.2) is 25.1 Å². The van der Waals surface area contributed by atoms with Crippen molar-refractivity contribution in [1.82, 2.24) is 10.6 Å². The smallest absolute Gasteiger partial charge is 0.192 e. The third-order valence-corrected chi connectivity index (χ3v) is 3.16. The van der Waals surface area contributed by atoms with E-state index in [2.05, 4.69) is 21.5 Å². The van der Waals surface area contributed by atoms with Gasteiger partial charge < -0.3 is 10.6 Å². The SMILES string of the molecule is C#CCN=C(NCC)NC1CC1c1c(F)cccc1F. The largest absolute Gasteiger partial charge is 0.357 e. The molecule has 2 unspecified atom stereocenters. The number of nitrogens with one attached hydrogen (secondary N) is 2. The minimum atomic E-state index is -0.495. The van der Waals surface area contributed by atoms with E-state index in [1.807, 2.05) is 6.92 Å². The van der Waals surface area contributed by atoms with Gasteiger partial charge in [-0.2, -0.15) is 0 Å². The topological polar surface area (TPSA) is 36.4 Å². The molecule has 0 aromatic heterocycles. The van der Waals surface area contributed by atoms with Gasteiger partial charge in [-0.25, -0.2) is 13.8 Å². The Balaban J connectivity index is 2.03. The standard InChI is InChI=1S/C15H17F2N3/c1-3-8-19-15(18-4-2)20-13-9-10(13)14-11(16)6-5-7-12(14)17/h1,5-7,10,13H,4,8-9H2,2H3,(H2,18,19,20). The van der Waals surface area contributed by atoms with Gasteiger partial charge in [0.2, 0.25) is 0 Å². The summed E-state index contributed by atoms with van der Waals surface area (Å²) in [5.41, 5.74) is 0.151. The van der Waals surface area contributed by atoms with Gasteiger partial charge in [0.15, 0.2) is 5.96 Å². The highest BCUT2D eigenvalue weighted by atomic mass is 19.1. The second kappa shape index (κ2) is 6.38. The number of halogens is 2. The molecular formula is C15H17F2N3. The summed E-state index contributed by atoms with van der Waals surface area (Å²) in [4.78, 5) is 4.16. The summed E-state index contributed by atoms with van der Waals surface area (Å²) in [5.74, 6) is 1.85. The van der Waals surface area contributed by atoms with Crippen LogP contribution < -0.4 is 10.6 Å². The van der Waals surface area contributed by atoms with E-state index in [1.54, 1.807) is 0 Å². The van der Waals surface area contributed by atoms with E-state index in [0.717, 1.165) is 0 Å². The Morgan fingerprint density at radius 1 is 1.45 bits per heavy atom. The zero-order valence-electron chi connectivity index (χ0n) is 11.3. The van der Waals surface area contributed by atoms with E-state index in [4.69, 9.17) is 6.42 Å². The van der Waals surface area contributed by atoms with Gasteiger partial charge in [0.1, 0.15) is 18.2 Å². The van der Waals surface area contributed by atoms with Crippen LogP contribution in [0.4, 0.5) is 8.78 Å². The first-order valence-corrected chi connectivity index (χ1v) is 6.59. The molecule has 1 fully saturated rings. The van der Waals surface area contributed by atoms with Crippen LogP contribution in [0.3, 0.4) is 0 Å². The molecule has 2 atom stereocenters. The zero-order chi connectivity index (χ0) is 14.5. The molecule has 2 N–H and O–H groups in total. The second-order valence-electron chi connectivity index (χ2n) is 4.63. The van der Waals surface area contributed by atoms with Gasteiger partial charge >= 0.3 is 0 Å². The molecule has 106 valence electrons. The zero-order valence-corrected chi connectivity index (χ0v) is 11.3. The van der Waals surface area contributed by atoms with E-state index < -0.39 is 11.6 Å². The van der Waals surface area contributed by atoms with Crippen LogP contribution in [0.2, 0.25) is 0 Å². The quantitative estimate of drug-likeness (QED) is 0.502. The maximum atomic E-state index is 13.7. The highest BCUT2D eigenvalue weighted by Gasteiger charge is 2.42. The molecule has 0 radical (unpaired) electrons. The predicted octanol–water partition coefficient (Wildman–Crippen LogP) is 2.01. The number of terminal acetylenes is 1. The fraction of sp³-hybridized carbons (Fsp3) is 0.400. The van der Waals surface area contributed by atoms with E-state index >= 15 is 0 Å². The molecule has 0 amide bonds. The second-order valence-corrected chi connectivity index (χ2v) is 4.63. The molecule has 2 rings (SSSR count). The Hall–Kier alpha value is -2.09. The van der Waals surface area contributed by atoms with Gasteiger partial charge in [0.05, 0.1) is 0 Å². The molecule has 0 saturated heterocycles. The molecule has 0 heterocycles. The first-order valence-electron chi connectivity index (χ1n) is 6.59. The Morgan fingerprint density at radius 2 is 2.15 bits per heavy atom. The van der Waals surface area contributed by atoms with Crippen molar-refractivity contribution in [3.05, 3.63) is 35.4 Å². The number of aliphatic imine (C=N–C) groups is 1. The average molecular weight is 277 g/mol. The lowest BCUT2D eigenvalue weighted by Gasteiger charge is -2.11. The van der Waals surface area contributed by atoms with Crippen molar-refractivity contribution in [1.29, 1.82) is 0 Å². The molecule has 1 saturated carbocycles.